The van der Waals surface area contributed by atoms with Gasteiger partial charge >= 0.3 is 0 Å². The van der Waals surface area contributed by atoms with E-state index in [1.807, 2.05) is 51.4 Å². The minimum Gasteiger partial charge on any atom is -0.505 e. The van der Waals surface area contributed by atoms with Crippen LogP contribution in [0, 0.1) is 17.7 Å². The molecular weight excluding hydrogens is 479 g/mol. The number of rotatable bonds is 9. The maximum absolute atomic E-state index is 14.2. The normalized spacial score (nSPS) is 21.6. The fourth-order valence-electron chi connectivity index (χ4n) is 4.86. The molecule has 1 unspecified atom stereocenters. The number of thiol groups is 1. The largest absolute Gasteiger partial charge is 0.505 e. The summed E-state index contributed by atoms with van der Waals surface area (Å²) >= 11 is 4.89. The Morgan fingerprint density at radius 1 is 1.19 bits per heavy atom. The number of hydrogen-bond donors (Lipinski definition) is 2. The maximum Gasteiger partial charge on any atom is 0.261 e. The van der Waals surface area contributed by atoms with Crippen LogP contribution in [0.2, 0.25) is 0 Å². The van der Waals surface area contributed by atoms with Crippen molar-refractivity contribution in [1.82, 2.24) is 9.80 Å². The van der Waals surface area contributed by atoms with Crippen LogP contribution >= 0.6 is 12.6 Å². The topological polar surface area (TPSA) is 62.2 Å². The molecule has 2 aromatic carbocycles. The van der Waals surface area contributed by atoms with E-state index < -0.39 is 22.4 Å². The van der Waals surface area contributed by atoms with Crippen LogP contribution in [0.3, 0.4) is 0 Å². The number of ether oxygens (including phenoxy) is 2. The standard InChI is InChI=1S/C28H35FN2O4S/c1-28(36,35-23-6-4-5-22(17-23)34-16-15-30(2)3)21-10-7-19(8-11-21)13-14-31-18-20-9-12-24(32)26(29)25(20)27(31)33/h4-6,9,12-14,17,19,21,32,36H,7-8,10-11,15-16,18H2,1-3H3. The predicted molar refractivity (Wildman–Crippen MR) is 141 cm³/mol. The van der Waals surface area contributed by atoms with Gasteiger partial charge in [0.05, 0.1) is 12.1 Å². The molecule has 1 N–H and O–H groups in total. The fraction of sp³-hybridized carbons (Fsp3) is 0.464. The van der Waals surface area contributed by atoms with Crippen LogP contribution in [-0.2, 0) is 6.54 Å². The van der Waals surface area contributed by atoms with E-state index in [1.165, 1.54) is 11.0 Å². The van der Waals surface area contributed by atoms with Gasteiger partial charge in [0, 0.05) is 24.7 Å². The van der Waals surface area contributed by atoms with Crippen LogP contribution in [-0.4, -0.2) is 53.0 Å². The Balaban J connectivity index is 1.29. The number of fused-ring (bicyclic) bond motifs is 1. The van der Waals surface area contributed by atoms with Crippen LogP contribution in [0.4, 0.5) is 4.39 Å². The van der Waals surface area contributed by atoms with Gasteiger partial charge in [0.1, 0.15) is 18.1 Å². The van der Waals surface area contributed by atoms with Crippen LogP contribution in [0.5, 0.6) is 17.2 Å². The maximum atomic E-state index is 14.2. The molecule has 1 aliphatic heterocycles. The Hall–Kier alpha value is -2.71. The molecule has 1 heterocycles. The lowest BCUT2D eigenvalue weighted by Gasteiger charge is -2.38. The van der Waals surface area contributed by atoms with Gasteiger partial charge in [-0.25, -0.2) is 4.39 Å². The third-order valence-electron chi connectivity index (χ3n) is 7.03. The molecule has 4 rings (SSSR count). The summed E-state index contributed by atoms with van der Waals surface area (Å²) < 4.78 is 26.3. The number of hydrogen-bond acceptors (Lipinski definition) is 6. The van der Waals surface area contributed by atoms with E-state index in [1.54, 1.807) is 12.3 Å². The number of halogens is 1. The van der Waals surface area contributed by atoms with E-state index >= 15 is 0 Å². The highest BCUT2D eigenvalue weighted by atomic mass is 32.1. The number of likely N-dealkylation sites (N-methyl/N-ethyl adjacent to an activating group) is 1. The van der Waals surface area contributed by atoms with E-state index in [0.717, 1.165) is 43.7 Å². The smallest absolute Gasteiger partial charge is 0.261 e. The SMILES string of the molecule is CN(C)CCOc1cccc(OC(C)(S)C2CCC(C=CN3Cc4ccc(O)c(F)c4C3=O)CC2)c1. The van der Waals surface area contributed by atoms with Gasteiger partial charge < -0.3 is 24.4 Å². The summed E-state index contributed by atoms with van der Waals surface area (Å²) in [6.07, 6.45) is 7.62. The van der Waals surface area contributed by atoms with Gasteiger partial charge in [-0.05, 0) is 76.4 Å². The van der Waals surface area contributed by atoms with Gasteiger partial charge in [-0.1, -0.05) is 18.2 Å². The average Bonchev–Trinajstić information content (AvgIpc) is 3.16. The van der Waals surface area contributed by atoms with E-state index in [0.29, 0.717) is 24.6 Å². The van der Waals surface area contributed by atoms with Gasteiger partial charge in [0.25, 0.3) is 5.91 Å². The number of phenols is 1. The van der Waals surface area contributed by atoms with Crippen molar-refractivity contribution in [1.29, 1.82) is 0 Å². The zero-order chi connectivity index (χ0) is 25.9. The minimum atomic E-state index is -0.840. The van der Waals surface area contributed by atoms with Crippen molar-refractivity contribution in [2.24, 2.45) is 11.8 Å². The molecule has 0 aromatic heterocycles. The van der Waals surface area contributed by atoms with E-state index in [9.17, 15) is 14.3 Å². The van der Waals surface area contributed by atoms with Gasteiger partial charge in [-0.15, -0.1) is 12.6 Å². The lowest BCUT2D eigenvalue weighted by atomic mass is 9.79. The van der Waals surface area contributed by atoms with E-state index in [2.05, 4.69) is 4.90 Å². The number of phenolic OH excluding ortho intramolecular Hbond substituents is 1. The van der Waals surface area contributed by atoms with Crippen LogP contribution in [0.1, 0.15) is 48.5 Å². The third kappa shape index (κ3) is 6.16. The van der Waals surface area contributed by atoms with Crippen molar-refractivity contribution in [3.8, 4) is 17.2 Å². The summed E-state index contributed by atoms with van der Waals surface area (Å²) in [6.45, 7) is 3.78. The molecule has 8 heteroatoms. The number of nitrogens with zero attached hydrogens (tertiary/aromatic N) is 2. The van der Waals surface area contributed by atoms with Crippen molar-refractivity contribution < 1.29 is 23.8 Å². The zero-order valence-electron chi connectivity index (χ0n) is 21.1. The summed E-state index contributed by atoms with van der Waals surface area (Å²) in [7, 11) is 4.02. The second-order valence-corrected chi connectivity index (χ2v) is 11.0. The number of allylic oxidation sites excluding steroid dienone is 1. The fourth-order valence-corrected chi connectivity index (χ4v) is 5.22. The highest BCUT2D eigenvalue weighted by Crippen LogP contribution is 2.41. The molecule has 36 heavy (non-hydrogen) atoms. The number of benzene rings is 2. The molecule has 1 fully saturated rings. The summed E-state index contributed by atoms with van der Waals surface area (Å²) in [4.78, 5) is 15.6. The van der Waals surface area contributed by atoms with Gasteiger partial charge in [0.2, 0.25) is 0 Å². The molecule has 1 atom stereocenters. The summed E-state index contributed by atoms with van der Waals surface area (Å²) in [5, 5.41) is 9.58. The average molecular weight is 515 g/mol. The molecular formula is C28H35FN2O4S. The summed E-state index contributed by atoms with van der Waals surface area (Å²) in [5.41, 5.74) is 0.567. The second-order valence-electron chi connectivity index (χ2n) is 10.1. The Bertz CT molecular complexity index is 1110. The quantitative estimate of drug-likeness (QED) is 0.343. The van der Waals surface area contributed by atoms with Gasteiger partial charge in [0.15, 0.2) is 16.5 Å². The van der Waals surface area contributed by atoms with Crippen LogP contribution < -0.4 is 9.47 Å². The first-order valence-corrected chi connectivity index (χ1v) is 12.9. The second kappa shape index (κ2) is 11.1. The number of carbonyl (C=O) groups excluding carboxylic acids is 1. The molecule has 2 aromatic rings. The van der Waals surface area contributed by atoms with E-state index in [-0.39, 0.29) is 11.5 Å². The van der Waals surface area contributed by atoms with Crippen LogP contribution in [0.15, 0.2) is 48.7 Å². The predicted octanol–water partition coefficient (Wildman–Crippen LogP) is 5.47. The monoisotopic (exact) mass is 514 g/mol. The van der Waals surface area contributed by atoms with E-state index in [4.69, 9.17) is 22.1 Å². The first-order valence-electron chi connectivity index (χ1n) is 12.4. The Morgan fingerprint density at radius 3 is 2.64 bits per heavy atom. The Morgan fingerprint density at radius 2 is 1.92 bits per heavy atom. The zero-order valence-corrected chi connectivity index (χ0v) is 22.0. The molecule has 1 aliphatic carbocycles. The Labute approximate surface area is 218 Å². The molecule has 0 spiro atoms. The molecule has 2 aliphatic rings. The molecule has 6 nitrogen and oxygen atoms in total. The van der Waals surface area contributed by atoms with Crippen molar-refractivity contribution >= 4 is 18.5 Å². The molecule has 0 bridgehead atoms. The highest BCUT2D eigenvalue weighted by molar-refractivity contribution is 7.81. The summed E-state index contributed by atoms with van der Waals surface area (Å²) in [6, 6.07) is 10.6. The number of amides is 1. The molecule has 1 amide bonds. The molecule has 194 valence electrons. The third-order valence-corrected chi connectivity index (χ3v) is 7.48. The lowest BCUT2D eigenvalue weighted by Crippen LogP contribution is -2.37. The van der Waals surface area contributed by atoms with Gasteiger partial charge in [-0.3, -0.25) is 4.79 Å². The number of carbonyl (C=O) groups is 1. The Kier molecular flexibility index (Phi) is 8.15. The van der Waals surface area contributed by atoms with Crippen molar-refractivity contribution in [3.63, 3.8) is 0 Å². The van der Waals surface area contributed by atoms with Crippen LogP contribution in [0.25, 0.3) is 0 Å². The molecule has 0 radical (unpaired) electrons. The van der Waals surface area contributed by atoms with Gasteiger partial charge in [-0.2, -0.15) is 0 Å². The minimum absolute atomic E-state index is 0.0292. The summed E-state index contributed by atoms with van der Waals surface area (Å²) in [5.74, 6) is 0.377. The highest BCUT2D eigenvalue weighted by Gasteiger charge is 2.36. The molecule has 0 saturated heterocycles. The van der Waals surface area contributed by atoms with Crippen molar-refractivity contribution in [3.05, 3.63) is 65.6 Å². The van der Waals surface area contributed by atoms with Crippen molar-refractivity contribution in [2.45, 2.75) is 44.1 Å². The lowest BCUT2D eigenvalue weighted by molar-refractivity contribution is 0.0831. The van der Waals surface area contributed by atoms with Crippen molar-refractivity contribution in [2.75, 3.05) is 27.2 Å². The first kappa shape index (κ1) is 26.4. The molecule has 1 saturated carbocycles. The first-order chi connectivity index (χ1) is 17.1. The number of aromatic hydroxyl groups is 1.